The molecule has 0 spiro atoms. The van der Waals surface area contributed by atoms with Crippen molar-refractivity contribution in [3.63, 3.8) is 0 Å². The summed E-state index contributed by atoms with van der Waals surface area (Å²) in [4.78, 5) is 2.42. The normalized spacial score (nSPS) is 38.8. The second-order valence-electron chi connectivity index (χ2n) is 5.78. The van der Waals surface area contributed by atoms with Crippen LogP contribution < -0.4 is 0 Å². The Balaban J connectivity index is 1.79. The van der Waals surface area contributed by atoms with Crippen LogP contribution in [-0.4, -0.2) is 47.0 Å². The molecule has 1 heterocycles. The summed E-state index contributed by atoms with van der Waals surface area (Å²) in [7, 11) is 0. The minimum Gasteiger partial charge on any atom is -0.393 e. The lowest BCUT2D eigenvalue weighted by Gasteiger charge is -2.37. The number of aliphatic hydroxyl groups is 2. The molecule has 2 rings (SSSR count). The van der Waals surface area contributed by atoms with E-state index in [4.69, 9.17) is 0 Å². The van der Waals surface area contributed by atoms with Crippen LogP contribution in [-0.2, 0) is 0 Å². The van der Waals surface area contributed by atoms with Gasteiger partial charge in [-0.3, -0.25) is 0 Å². The molecular weight excluding hydrogens is 202 g/mol. The molecule has 2 fully saturated rings. The third-order valence-electron chi connectivity index (χ3n) is 4.25. The van der Waals surface area contributed by atoms with E-state index in [9.17, 15) is 10.2 Å². The molecule has 2 N–H and O–H groups in total. The molecular formula is C13H25NO2. The van der Waals surface area contributed by atoms with Gasteiger partial charge in [-0.1, -0.05) is 6.92 Å². The van der Waals surface area contributed by atoms with Crippen molar-refractivity contribution in [2.75, 3.05) is 19.6 Å². The smallest absolute Gasteiger partial charge is 0.0580 e. The van der Waals surface area contributed by atoms with Gasteiger partial charge in [0.1, 0.15) is 0 Å². The van der Waals surface area contributed by atoms with E-state index in [0.29, 0.717) is 5.92 Å². The van der Waals surface area contributed by atoms with Crippen LogP contribution in [0.5, 0.6) is 0 Å². The number of nitrogens with zero attached hydrogens (tertiary/aromatic N) is 1. The number of aliphatic hydroxyl groups excluding tert-OH is 2. The van der Waals surface area contributed by atoms with E-state index in [0.717, 1.165) is 44.8 Å². The van der Waals surface area contributed by atoms with Crippen LogP contribution in [0.15, 0.2) is 0 Å². The number of hydrogen-bond acceptors (Lipinski definition) is 3. The van der Waals surface area contributed by atoms with Gasteiger partial charge in [0.25, 0.3) is 0 Å². The predicted molar refractivity (Wildman–Crippen MR) is 64.2 cm³/mol. The molecule has 94 valence electrons. The standard InChI is InChI=1S/C13H25NO2/c1-10-2-3-13(16)11(8-10)9-14-6-4-12(15)5-7-14/h10-13,15-16H,2-9H2,1H3. The van der Waals surface area contributed by atoms with E-state index in [-0.39, 0.29) is 12.2 Å². The van der Waals surface area contributed by atoms with Gasteiger partial charge >= 0.3 is 0 Å². The van der Waals surface area contributed by atoms with Crippen LogP contribution in [0.25, 0.3) is 0 Å². The van der Waals surface area contributed by atoms with Crippen molar-refractivity contribution in [1.82, 2.24) is 4.90 Å². The first-order valence-electron chi connectivity index (χ1n) is 6.73. The molecule has 2 aliphatic rings. The molecule has 1 aliphatic carbocycles. The molecule has 0 radical (unpaired) electrons. The predicted octanol–water partition coefficient (Wildman–Crippen LogP) is 1.24. The van der Waals surface area contributed by atoms with Crippen LogP contribution in [0, 0.1) is 11.8 Å². The molecule has 1 saturated heterocycles. The molecule has 0 bridgehead atoms. The van der Waals surface area contributed by atoms with Gasteiger partial charge < -0.3 is 15.1 Å². The van der Waals surface area contributed by atoms with Crippen LogP contribution in [0.2, 0.25) is 0 Å². The number of piperidine rings is 1. The summed E-state index contributed by atoms with van der Waals surface area (Å²) in [6, 6.07) is 0. The Bertz CT molecular complexity index is 214. The van der Waals surface area contributed by atoms with E-state index < -0.39 is 0 Å². The molecule has 3 heteroatoms. The van der Waals surface area contributed by atoms with Gasteiger partial charge in [0.05, 0.1) is 12.2 Å². The maximum absolute atomic E-state index is 9.99. The Morgan fingerprint density at radius 2 is 1.75 bits per heavy atom. The zero-order chi connectivity index (χ0) is 11.5. The quantitative estimate of drug-likeness (QED) is 0.746. The van der Waals surface area contributed by atoms with Crippen molar-refractivity contribution in [2.24, 2.45) is 11.8 Å². The Morgan fingerprint density at radius 3 is 2.44 bits per heavy atom. The van der Waals surface area contributed by atoms with Crippen molar-refractivity contribution in [3.8, 4) is 0 Å². The average Bonchev–Trinajstić information content (AvgIpc) is 2.27. The van der Waals surface area contributed by atoms with Gasteiger partial charge in [0.2, 0.25) is 0 Å². The molecule has 1 saturated carbocycles. The highest BCUT2D eigenvalue weighted by Gasteiger charge is 2.29. The second kappa shape index (κ2) is 5.48. The van der Waals surface area contributed by atoms with Crippen LogP contribution in [0.4, 0.5) is 0 Å². The third kappa shape index (κ3) is 3.19. The fourth-order valence-corrected chi connectivity index (χ4v) is 3.11. The lowest BCUT2D eigenvalue weighted by Crippen LogP contribution is -2.43. The number of rotatable bonds is 2. The lowest BCUT2D eigenvalue weighted by molar-refractivity contribution is 0.0139. The van der Waals surface area contributed by atoms with Gasteiger partial charge in [-0.05, 0) is 43.9 Å². The monoisotopic (exact) mass is 227 g/mol. The van der Waals surface area contributed by atoms with Crippen LogP contribution in [0.1, 0.15) is 39.0 Å². The van der Waals surface area contributed by atoms with Gasteiger partial charge in [0.15, 0.2) is 0 Å². The fourth-order valence-electron chi connectivity index (χ4n) is 3.11. The van der Waals surface area contributed by atoms with E-state index in [1.807, 2.05) is 0 Å². The topological polar surface area (TPSA) is 43.7 Å². The van der Waals surface area contributed by atoms with Gasteiger partial charge in [-0.15, -0.1) is 0 Å². The maximum Gasteiger partial charge on any atom is 0.0580 e. The molecule has 1 aliphatic heterocycles. The van der Waals surface area contributed by atoms with E-state index in [2.05, 4.69) is 11.8 Å². The second-order valence-corrected chi connectivity index (χ2v) is 5.78. The summed E-state index contributed by atoms with van der Waals surface area (Å²) in [6.45, 7) is 5.31. The van der Waals surface area contributed by atoms with Gasteiger partial charge in [-0.2, -0.15) is 0 Å². The van der Waals surface area contributed by atoms with Gasteiger partial charge in [0, 0.05) is 19.6 Å². The number of hydrogen-bond donors (Lipinski definition) is 2. The van der Waals surface area contributed by atoms with E-state index in [1.165, 1.54) is 12.8 Å². The molecule has 3 atom stereocenters. The Kier molecular flexibility index (Phi) is 4.22. The highest BCUT2D eigenvalue weighted by atomic mass is 16.3. The maximum atomic E-state index is 9.99. The van der Waals surface area contributed by atoms with Crippen molar-refractivity contribution in [3.05, 3.63) is 0 Å². The molecule has 0 aromatic rings. The largest absolute Gasteiger partial charge is 0.393 e. The van der Waals surface area contributed by atoms with Crippen molar-refractivity contribution in [1.29, 1.82) is 0 Å². The van der Waals surface area contributed by atoms with Crippen molar-refractivity contribution >= 4 is 0 Å². The Hall–Kier alpha value is -0.120. The molecule has 0 amide bonds. The van der Waals surface area contributed by atoms with Crippen molar-refractivity contribution in [2.45, 2.75) is 51.2 Å². The Morgan fingerprint density at radius 1 is 1.06 bits per heavy atom. The number of likely N-dealkylation sites (tertiary alicyclic amines) is 1. The fraction of sp³-hybridized carbons (Fsp3) is 1.00. The summed E-state index contributed by atoms with van der Waals surface area (Å²) >= 11 is 0. The summed E-state index contributed by atoms with van der Waals surface area (Å²) in [5, 5.41) is 19.4. The summed E-state index contributed by atoms with van der Waals surface area (Å²) in [5.41, 5.74) is 0. The zero-order valence-corrected chi connectivity index (χ0v) is 10.3. The highest BCUT2D eigenvalue weighted by molar-refractivity contribution is 4.82. The van der Waals surface area contributed by atoms with E-state index in [1.54, 1.807) is 0 Å². The minimum absolute atomic E-state index is 0.0912. The Labute approximate surface area is 98.5 Å². The molecule has 16 heavy (non-hydrogen) atoms. The average molecular weight is 227 g/mol. The highest BCUT2D eigenvalue weighted by Crippen LogP contribution is 2.30. The summed E-state index contributed by atoms with van der Waals surface area (Å²) < 4.78 is 0. The molecule has 3 nitrogen and oxygen atoms in total. The summed E-state index contributed by atoms with van der Waals surface area (Å²) in [6.07, 6.45) is 4.94. The first-order valence-corrected chi connectivity index (χ1v) is 6.73. The minimum atomic E-state index is -0.0944. The van der Waals surface area contributed by atoms with Crippen molar-refractivity contribution < 1.29 is 10.2 Å². The van der Waals surface area contributed by atoms with Gasteiger partial charge in [-0.25, -0.2) is 0 Å². The van der Waals surface area contributed by atoms with Crippen LogP contribution >= 0.6 is 0 Å². The lowest BCUT2D eigenvalue weighted by atomic mass is 9.80. The van der Waals surface area contributed by atoms with Crippen LogP contribution in [0.3, 0.4) is 0 Å². The first-order chi connectivity index (χ1) is 7.65. The molecule has 3 unspecified atom stereocenters. The summed E-state index contributed by atoms with van der Waals surface area (Å²) in [5.74, 6) is 1.22. The zero-order valence-electron chi connectivity index (χ0n) is 10.3. The first kappa shape index (κ1) is 12.3. The molecule has 0 aromatic carbocycles. The third-order valence-corrected chi connectivity index (χ3v) is 4.25. The SMILES string of the molecule is CC1CCC(O)C(CN2CCC(O)CC2)C1. The molecule has 0 aromatic heterocycles. The van der Waals surface area contributed by atoms with E-state index >= 15 is 0 Å².